The lowest BCUT2D eigenvalue weighted by Crippen LogP contribution is -2.49. The fourth-order valence-electron chi connectivity index (χ4n) is 6.59. The lowest BCUT2D eigenvalue weighted by Gasteiger charge is -2.26. The molecule has 4 atom stereocenters. The predicted octanol–water partition coefficient (Wildman–Crippen LogP) is 11.2. The standard InChI is InChI=1S/C44H89N2O7P/c1-7-8-9-10-11-12-13-14-15-16-17-18-19-20-23-27-30-33-36-43(48)44(49)45-41(39-53-54(50,51)52-38-37-46(4,5)6)42(47)35-32-29-26-24-21-22-25-28-31-34-40(2)3/h32,35,40-43,47-48H,7-31,33-34,36-39H2,1-6H3,(H-,45,49,50,51)/p+1/b35-32+/t41-,42+,43?/m0/s1. The zero-order valence-electron chi connectivity index (χ0n) is 36.3. The van der Waals surface area contributed by atoms with Gasteiger partial charge in [-0.25, -0.2) is 4.57 Å². The number of nitrogens with one attached hydrogen (secondary N) is 1. The number of hydrogen-bond donors (Lipinski definition) is 4. The van der Waals surface area contributed by atoms with Crippen molar-refractivity contribution < 1.29 is 38.0 Å². The van der Waals surface area contributed by atoms with Crippen molar-refractivity contribution in [3.05, 3.63) is 12.2 Å². The summed E-state index contributed by atoms with van der Waals surface area (Å²) in [6, 6.07) is -1.02. The molecule has 0 aromatic heterocycles. The molecule has 0 radical (unpaired) electrons. The first-order valence-electron chi connectivity index (χ1n) is 22.5. The third-order valence-corrected chi connectivity index (χ3v) is 11.3. The van der Waals surface area contributed by atoms with Crippen LogP contribution in [0.3, 0.4) is 0 Å². The molecule has 0 heterocycles. The molecule has 0 rings (SSSR count). The van der Waals surface area contributed by atoms with Crippen molar-refractivity contribution in [2.75, 3.05) is 40.9 Å². The molecule has 2 unspecified atom stereocenters. The summed E-state index contributed by atoms with van der Waals surface area (Å²) >= 11 is 0. The fraction of sp³-hybridized carbons (Fsp3) is 0.932. The molecule has 9 nitrogen and oxygen atoms in total. The molecule has 0 aromatic rings. The van der Waals surface area contributed by atoms with Gasteiger partial charge in [0.25, 0.3) is 0 Å². The van der Waals surface area contributed by atoms with Crippen molar-refractivity contribution in [2.45, 2.75) is 219 Å². The molecule has 0 saturated carbocycles. The van der Waals surface area contributed by atoms with Crippen LogP contribution in [0.1, 0.15) is 201 Å². The summed E-state index contributed by atoms with van der Waals surface area (Å²) in [6.45, 7) is 6.91. The van der Waals surface area contributed by atoms with E-state index in [2.05, 4.69) is 26.1 Å². The van der Waals surface area contributed by atoms with Gasteiger partial charge in [0.15, 0.2) is 0 Å². The Kier molecular flexibility index (Phi) is 34.8. The number of carbonyl (C=O) groups excluding carboxylic acids is 1. The highest BCUT2D eigenvalue weighted by Crippen LogP contribution is 2.43. The van der Waals surface area contributed by atoms with Gasteiger partial charge in [0.2, 0.25) is 5.91 Å². The second kappa shape index (κ2) is 35.4. The second-order valence-electron chi connectivity index (χ2n) is 17.4. The summed E-state index contributed by atoms with van der Waals surface area (Å²) in [5.74, 6) is 0.162. The lowest BCUT2D eigenvalue weighted by atomic mass is 10.0. The highest BCUT2D eigenvalue weighted by molar-refractivity contribution is 7.47. The van der Waals surface area contributed by atoms with Gasteiger partial charge in [-0.15, -0.1) is 0 Å². The molecule has 54 heavy (non-hydrogen) atoms. The van der Waals surface area contributed by atoms with Crippen molar-refractivity contribution >= 4 is 13.7 Å². The number of phosphoric acid groups is 1. The van der Waals surface area contributed by atoms with E-state index in [0.717, 1.165) is 44.4 Å². The van der Waals surface area contributed by atoms with Crippen LogP contribution in [0.25, 0.3) is 0 Å². The number of unbranched alkanes of at least 4 members (excludes halogenated alkanes) is 24. The van der Waals surface area contributed by atoms with E-state index in [1.165, 1.54) is 135 Å². The number of nitrogens with zero attached hydrogens (tertiary/aromatic N) is 1. The minimum atomic E-state index is -4.41. The van der Waals surface area contributed by atoms with Crippen molar-refractivity contribution in [1.29, 1.82) is 0 Å². The summed E-state index contributed by atoms with van der Waals surface area (Å²) in [4.78, 5) is 23.2. The Bertz CT molecular complexity index is 927. The van der Waals surface area contributed by atoms with Crippen LogP contribution >= 0.6 is 7.82 Å². The second-order valence-corrected chi connectivity index (χ2v) is 18.9. The number of phosphoric ester groups is 1. The van der Waals surface area contributed by atoms with Crippen molar-refractivity contribution in [3.8, 4) is 0 Å². The van der Waals surface area contributed by atoms with E-state index in [9.17, 15) is 24.5 Å². The number of aliphatic hydroxyl groups is 2. The molecule has 0 fully saturated rings. The summed E-state index contributed by atoms with van der Waals surface area (Å²) in [6.07, 6.45) is 35.0. The molecule has 0 spiro atoms. The molecule has 0 aliphatic carbocycles. The van der Waals surface area contributed by atoms with Gasteiger partial charge in [-0.2, -0.15) is 0 Å². The lowest BCUT2D eigenvalue weighted by molar-refractivity contribution is -0.870. The van der Waals surface area contributed by atoms with Gasteiger partial charge >= 0.3 is 7.82 Å². The quantitative estimate of drug-likeness (QED) is 0.0211. The predicted molar refractivity (Wildman–Crippen MR) is 228 cm³/mol. The first-order chi connectivity index (χ1) is 25.8. The first-order valence-corrected chi connectivity index (χ1v) is 24.0. The number of aliphatic hydroxyl groups excluding tert-OH is 2. The van der Waals surface area contributed by atoms with Crippen molar-refractivity contribution in [1.82, 2.24) is 5.32 Å². The maximum absolute atomic E-state index is 12.9. The normalized spacial score (nSPS) is 15.1. The Morgan fingerprint density at radius 3 is 1.54 bits per heavy atom. The Morgan fingerprint density at radius 2 is 1.09 bits per heavy atom. The maximum atomic E-state index is 12.9. The summed E-state index contributed by atoms with van der Waals surface area (Å²) in [5.41, 5.74) is 0. The number of hydrogen-bond acceptors (Lipinski definition) is 6. The largest absolute Gasteiger partial charge is 0.472 e. The summed E-state index contributed by atoms with van der Waals surface area (Å²) in [7, 11) is 1.43. The monoisotopic (exact) mass is 790 g/mol. The SMILES string of the molecule is CCCCCCCCCCCCCCCCCCCCC(O)C(=O)N[C@@H](COP(=O)(O)OCC[N+](C)(C)C)[C@H](O)/C=C/CCCCCCCCCC(C)C. The summed E-state index contributed by atoms with van der Waals surface area (Å²) < 4.78 is 23.4. The topological polar surface area (TPSA) is 125 Å². The Labute approximate surface area is 334 Å². The van der Waals surface area contributed by atoms with E-state index in [0.29, 0.717) is 17.4 Å². The third-order valence-electron chi connectivity index (χ3n) is 10.3. The first kappa shape index (κ1) is 53.2. The number of likely N-dealkylation sites (N-methyl/N-ethyl adjacent to an activating group) is 1. The molecular weight excluding hydrogens is 699 g/mol. The number of carbonyl (C=O) groups is 1. The summed E-state index contributed by atoms with van der Waals surface area (Å²) in [5, 5.41) is 24.2. The molecule has 0 aliphatic rings. The van der Waals surface area contributed by atoms with Crippen molar-refractivity contribution in [2.24, 2.45) is 5.92 Å². The molecule has 4 N–H and O–H groups in total. The van der Waals surface area contributed by atoms with Gasteiger partial charge in [0.05, 0.1) is 39.9 Å². The van der Waals surface area contributed by atoms with E-state index in [1.54, 1.807) is 6.08 Å². The van der Waals surface area contributed by atoms with Crippen LogP contribution in [0.4, 0.5) is 0 Å². The van der Waals surface area contributed by atoms with Crippen LogP contribution in [0, 0.1) is 5.92 Å². The Balaban J connectivity index is 4.46. The zero-order valence-corrected chi connectivity index (χ0v) is 37.1. The maximum Gasteiger partial charge on any atom is 0.472 e. The van der Waals surface area contributed by atoms with Gasteiger partial charge in [0, 0.05) is 0 Å². The fourth-order valence-corrected chi connectivity index (χ4v) is 7.32. The van der Waals surface area contributed by atoms with E-state index in [1.807, 2.05) is 27.2 Å². The number of rotatable bonds is 40. The van der Waals surface area contributed by atoms with Crippen LogP contribution in [0.2, 0.25) is 0 Å². The minimum Gasteiger partial charge on any atom is -0.387 e. The molecule has 0 bridgehead atoms. The van der Waals surface area contributed by atoms with E-state index in [4.69, 9.17) is 9.05 Å². The van der Waals surface area contributed by atoms with Gasteiger partial charge in [0.1, 0.15) is 19.3 Å². The molecule has 1 amide bonds. The van der Waals surface area contributed by atoms with Gasteiger partial charge < -0.3 is 24.9 Å². The third kappa shape index (κ3) is 36.8. The molecular formula is C44H90N2O7P+. The van der Waals surface area contributed by atoms with Gasteiger partial charge in [-0.1, -0.05) is 193 Å². The van der Waals surface area contributed by atoms with Crippen LogP contribution in [-0.4, -0.2) is 84.6 Å². The van der Waals surface area contributed by atoms with Crippen LogP contribution in [-0.2, 0) is 18.4 Å². The average Bonchev–Trinajstić information content (AvgIpc) is 3.10. The van der Waals surface area contributed by atoms with E-state index >= 15 is 0 Å². The van der Waals surface area contributed by atoms with Crippen LogP contribution in [0.5, 0.6) is 0 Å². The Morgan fingerprint density at radius 1 is 0.667 bits per heavy atom. The van der Waals surface area contributed by atoms with Gasteiger partial charge in [-0.3, -0.25) is 13.8 Å². The average molecular weight is 790 g/mol. The molecule has 322 valence electrons. The van der Waals surface area contributed by atoms with E-state index < -0.39 is 38.6 Å². The van der Waals surface area contributed by atoms with Gasteiger partial charge in [-0.05, 0) is 25.2 Å². The highest BCUT2D eigenvalue weighted by Gasteiger charge is 2.29. The smallest absolute Gasteiger partial charge is 0.387 e. The number of amides is 1. The molecule has 0 aliphatic heterocycles. The number of allylic oxidation sites excluding steroid dienone is 1. The Hall–Kier alpha value is -0.800. The molecule has 0 saturated heterocycles. The minimum absolute atomic E-state index is 0.0207. The highest BCUT2D eigenvalue weighted by atomic mass is 31.2. The zero-order chi connectivity index (χ0) is 40.3. The van der Waals surface area contributed by atoms with Crippen LogP contribution in [0.15, 0.2) is 12.2 Å². The molecule has 0 aromatic carbocycles. The molecule has 10 heteroatoms. The number of quaternary nitrogens is 1. The van der Waals surface area contributed by atoms with Crippen LogP contribution < -0.4 is 5.32 Å². The van der Waals surface area contributed by atoms with Crippen molar-refractivity contribution in [3.63, 3.8) is 0 Å². The van der Waals surface area contributed by atoms with E-state index in [-0.39, 0.29) is 6.61 Å².